The minimum atomic E-state index is -3.10. The number of nitrogens with zero attached hydrogens (tertiary/aromatic N) is 4. The van der Waals surface area contributed by atoms with Crippen molar-refractivity contribution in [3.63, 3.8) is 0 Å². The van der Waals surface area contributed by atoms with E-state index in [9.17, 15) is 13.5 Å². The fraction of sp³-hybridized carbons (Fsp3) is 0.440. The van der Waals surface area contributed by atoms with Crippen LogP contribution in [0.4, 0.5) is 5.82 Å². The Balaban J connectivity index is 1.16. The van der Waals surface area contributed by atoms with Gasteiger partial charge in [0.1, 0.15) is 23.2 Å². The number of nitrogens with one attached hydrogen (secondary N) is 1. The molecule has 6 rings (SSSR count). The first-order valence-corrected chi connectivity index (χ1v) is 15.0. The largest absolute Gasteiger partial charge is 0.373 e. The number of aliphatic hydroxyl groups is 1. The van der Waals surface area contributed by atoms with Crippen molar-refractivity contribution in [1.82, 2.24) is 19.9 Å². The molecule has 0 bridgehead atoms. The average molecular weight is 527 g/mol. The highest BCUT2D eigenvalue weighted by molar-refractivity contribution is 7.90. The average Bonchev–Trinajstić information content (AvgIpc) is 3.58. The molecule has 0 saturated carbocycles. The molecule has 0 amide bonds. The molecule has 0 radical (unpaired) electrons. The van der Waals surface area contributed by atoms with Gasteiger partial charge in [0.05, 0.1) is 16.8 Å². The third-order valence-corrected chi connectivity index (χ3v) is 9.51. The van der Waals surface area contributed by atoms with E-state index in [1.165, 1.54) is 23.2 Å². The van der Waals surface area contributed by atoms with Gasteiger partial charge in [0.15, 0.2) is 9.84 Å². The van der Waals surface area contributed by atoms with Crippen molar-refractivity contribution < 1.29 is 13.5 Å². The SMILES string of the molecule is CS(=O)(=O)Cc1cc2c(N3CCC4(CCN(Cc5ccc6cc(C(N)O)[nH]c6c5)C4)C3)ncnc2s1. The van der Waals surface area contributed by atoms with E-state index in [1.807, 2.05) is 12.1 Å². The second-order valence-corrected chi connectivity index (χ2v) is 13.7. The lowest BCUT2D eigenvalue weighted by Gasteiger charge is -2.25. The number of H-pyrrole nitrogens is 1. The van der Waals surface area contributed by atoms with Crippen LogP contribution in [0.3, 0.4) is 0 Å². The summed E-state index contributed by atoms with van der Waals surface area (Å²) >= 11 is 1.44. The Morgan fingerprint density at radius 1 is 1.19 bits per heavy atom. The van der Waals surface area contributed by atoms with Gasteiger partial charge in [-0.1, -0.05) is 12.1 Å². The zero-order chi connectivity index (χ0) is 25.1. The summed E-state index contributed by atoms with van der Waals surface area (Å²) in [6.45, 7) is 4.86. The number of anilines is 1. The van der Waals surface area contributed by atoms with Crippen molar-refractivity contribution in [3.8, 4) is 0 Å². The minimum absolute atomic E-state index is 0.0365. The van der Waals surface area contributed by atoms with Crippen molar-refractivity contribution in [1.29, 1.82) is 0 Å². The van der Waals surface area contributed by atoms with Crippen LogP contribution in [-0.4, -0.2) is 65.8 Å². The third-order valence-electron chi connectivity index (χ3n) is 7.45. The molecule has 1 spiro atoms. The standard InChI is InChI=1S/C25H30N6O3S2/c1-36(33,34)12-18-10-19-23(27-15-28-24(19)35-18)31-7-5-25(14-31)4-6-30(13-25)11-16-2-3-17-9-21(22(26)32)29-20(17)8-16/h2-3,8-10,15,22,29,32H,4-7,11-14,26H2,1H3. The van der Waals surface area contributed by atoms with Crippen molar-refractivity contribution >= 4 is 48.1 Å². The first-order valence-electron chi connectivity index (χ1n) is 12.1. The van der Waals surface area contributed by atoms with Gasteiger partial charge in [0, 0.05) is 48.2 Å². The first kappa shape index (κ1) is 23.8. The van der Waals surface area contributed by atoms with Gasteiger partial charge in [0.25, 0.3) is 0 Å². The van der Waals surface area contributed by atoms with E-state index in [-0.39, 0.29) is 11.2 Å². The molecule has 2 aliphatic rings. The number of likely N-dealkylation sites (tertiary alicyclic amines) is 1. The molecule has 190 valence electrons. The van der Waals surface area contributed by atoms with Gasteiger partial charge in [-0.15, -0.1) is 11.3 Å². The van der Waals surface area contributed by atoms with Crippen LogP contribution in [0.2, 0.25) is 0 Å². The summed E-state index contributed by atoms with van der Waals surface area (Å²) in [5.74, 6) is 0.954. The highest BCUT2D eigenvalue weighted by Crippen LogP contribution is 2.43. The second kappa shape index (κ2) is 8.77. The van der Waals surface area contributed by atoms with Gasteiger partial charge in [0.2, 0.25) is 0 Å². The topological polar surface area (TPSA) is 128 Å². The monoisotopic (exact) mass is 526 g/mol. The van der Waals surface area contributed by atoms with Crippen molar-refractivity contribution in [3.05, 3.63) is 52.8 Å². The lowest BCUT2D eigenvalue weighted by Crippen LogP contribution is -2.31. The number of hydrogen-bond donors (Lipinski definition) is 3. The van der Waals surface area contributed by atoms with E-state index in [0.717, 1.165) is 77.4 Å². The highest BCUT2D eigenvalue weighted by atomic mass is 32.2. The Labute approximate surface area is 213 Å². The molecule has 2 atom stereocenters. The fourth-order valence-electron chi connectivity index (χ4n) is 5.80. The molecule has 3 aromatic heterocycles. The zero-order valence-corrected chi connectivity index (χ0v) is 21.8. The van der Waals surface area contributed by atoms with Crippen LogP contribution in [0.5, 0.6) is 0 Å². The van der Waals surface area contributed by atoms with Crippen LogP contribution >= 0.6 is 11.3 Å². The molecule has 2 saturated heterocycles. The molecule has 11 heteroatoms. The molecular formula is C25H30N6O3S2. The summed E-state index contributed by atoms with van der Waals surface area (Å²) in [5.41, 5.74) is 8.69. The number of rotatable bonds is 6. The van der Waals surface area contributed by atoms with Crippen LogP contribution < -0.4 is 10.6 Å². The maximum atomic E-state index is 11.8. The predicted octanol–water partition coefficient (Wildman–Crippen LogP) is 2.77. The quantitative estimate of drug-likeness (QED) is 0.327. The summed E-state index contributed by atoms with van der Waals surface area (Å²) in [7, 11) is -3.10. The molecule has 2 aliphatic heterocycles. The Kier molecular flexibility index (Phi) is 5.80. The van der Waals surface area contributed by atoms with Gasteiger partial charge in [-0.05, 0) is 48.5 Å². The van der Waals surface area contributed by atoms with E-state index in [1.54, 1.807) is 6.33 Å². The number of nitrogens with two attached hydrogens (primary N) is 1. The van der Waals surface area contributed by atoms with Gasteiger partial charge in [-0.25, -0.2) is 18.4 Å². The molecular weight excluding hydrogens is 496 g/mol. The lowest BCUT2D eigenvalue weighted by atomic mass is 9.86. The Hall–Kier alpha value is -2.57. The minimum Gasteiger partial charge on any atom is -0.373 e. The summed E-state index contributed by atoms with van der Waals surface area (Å²) < 4.78 is 23.6. The number of aliphatic hydroxyl groups excluding tert-OH is 1. The number of hydrogen-bond acceptors (Lipinski definition) is 9. The Bertz CT molecular complexity index is 1550. The van der Waals surface area contributed by atoms with Crippen LogP contribution in [0, 0.1) is 5.41 Å². The summed E-state index contributed by atoms with van der Waals surface area (Å²) in [4.78, 5) is 18.8. The molecule has 5 heterocycles. The molecule has 1 aromatic carbocycles. The highest BCUT2D eigenvalue weighted by Gasteiger charge is 2.44. The number of fused-ring (bicyclic) bond motifs is 2. The normalized spacial score (nSPS) is 21.9. The van der Waals surface area contributed by atoms with Gasteiger partial charge in [-0.2, -0.15) is 0 Å². The number of thiophene rings is 1. The van der Waals surface area contributed by atoms with Crippen LogP contribution in [0.25, 0.3) is 21.1 Å². The Morgan fingerprint density at radius 2 is 2.03 bits per heavy atom. The van der Waals surface area contributed by atoms with E-state index in [4.69, 9.17) is 5.73 Å². The molecule has 4 aromatic rings. The van der Waals surface area contributed by atoms with Gasteiger partial charge >= 0.3 is 0 Å². The van der Waals surface area contributed by atoms with E-state index in [2.05, 4.69) is 43.0 Å². The number of benzene rings is 1. The second-order valence-electron chi connectivity index (χ2n) is 10.4. The summed E-state index contributed by atoms with van der Waals surface area (Å²) in [6, 6.07) is 10.2. The zero-order valence-electron chi connectivity index (χ0n) is 20.1. The molecule has 4 N–H and O–H groups in total. The summed E-state index contributed by atoms with van der Waals surface area (Å²) in [6.07, 6.45) is 4.12. The van der Waals surface area contributed by atoms with Crippen molar-refractivity contribution in [2.24, 2.45) is 11.1 Å². The number of sulfone groups is 1. The van der Waals surface area contributed by atoms with Gasteiger partial charge < -0.3 is 20.7 Å². The fourth-order valence-corrected chi connectivity index (χ4v) is 8.06. The van der Waals surface area contributed by atoms with Crippen molar-refractivity contribution in [2.45, 2.75) is 31.4 Å². The number of aromatic amines is 1. The molecule has 0 aliphatic carbocycles. The van der Waals surface area contributed by atoms with Gasteiger partial charge in [-0.3, -0.25) is 4.90 Å². The molecule has 9 nitrogen and oxygen atoms in total. The maximum Gasteiger partial charge on any atom is 0.152 e. The lowest BCUT2D eigenvalue weighted by molar-refractivity contribution is 0.182. The maximum absolute atomic E-state index is 11.8. The predicted molar refractivity (Wildman–Crippen MR) is 143 cm³/mol. The first-order chi connectivity index (χ1) is 17.2. The third kappa shape index (κ3) is 4.61. The van der Waals surface area contributed by atoms with Crippen molar-refractivity contribution in [2.75, 3.05) is 37.3 Å². The van der Waals surface area contributed by atoms with E-state index < -0.39 is 16.1 Å². The van der Waals surface area contributed by atoms with Crippen LogP contribution in [0.1, 0.15) is 35.2 Å². The smallest absolute Gasteiger partial charge is 0.152 e. The van der Waals surface area contributed by atoms with E-state index in [0.29, 0.717) is 5.69 Å². The van der Waals surface area contributed by atoms with Crippen LogP contribution in [-0.2, 0) is 22.1 Å². The molecule has 2 fully saturated rings. The molecule has 2 unspecified atom stereocenters. The Morgan fingerprint density at radius 3 is 2.83 bits per heavy atom. The molecule has 36 heavy (non-hydrogen) atoms. The van der Waals surface area contributed by atoms with Crippen LogP contribution in [0.15, 0.2) is 36.7 Å². The van der Waals surface area contributed by atoms with E-state index >= 15 is 0 Å². The summed E-state index contributed by atoms with van der Waals surface area (Å²) in [5, 5.41) is 11.7. The number of aromatic nitrogens is 3.